The summed E-state index contributed by atoms with van der Waals surface area (Å²) in [7, 11) is 0. The summed E-state index contributed by atoms with van der Waals surface area (Å²) in [6.07, 6.45) is 0. The Morgan fingerprint density at radius 1 is 1.40 bits per heavy atom. The SMILES string of the molecule is N#CC(NC1CNC1)c1ccc(F)cc1. The van der Waals surface area contributed by atoms with Gasteiger partial charge in [0.05, 0.1) is 6.07 Å². The lowest BCUT2D eigenvalue weighted by atomic mass is 10.1. The molecule has 78 valence electrons. The van der Waals surface area contributed by atoms with Gasteiger partial charge in [0.15, 0.2) is 0 Å². The minimum atomic E-state index is -0.349. The number of rotatable bonds is 3. The van der Waals surface area contributed by atoms with Gasteiger partial charge in [-0.25, -0.2) is 4.39 Å². The highest BCUT2D eigenvalue weighted by atomic mass is 19.1. The number of hydrogen-bond donors (Lipinski definition) is 2. The highest BCUT2D eigenvalue weighted by molar-refractivity contribution is 5.24. The standard InChI is InChI=1S/C11H12FN3/c12-9-3-1-8(2-4-9)11(5-13)15-10-6-14-7-10/h1-4,10-11,14-15H,6-7H2. The summed E-state index contributed by atoms with van der Waals surface area (Å²) in [5.41, 5.74) is 0.811. The quantitative estimate of drug-likeness (QED) is 0.772. The maximum atomic E-state index is 12.7. The molecule has 1 fully saturated rings. The Hall–Kier alpha value is -1.44. The molecule has 0 aromatic heterocycles. The zero-order chi connectivity index (χ0) is 10.7. The molecule has 0 radical (unpaired) electrons. The van der Waals surface area contributed by atoms with E-state index >= 15 is 0 Å². The van der Waals surface area contributed by atoms with Crippen LogP contribution in [-0.2, 0) is 0 Å². The van der Waals surface area contributed by atoms with Crippen molar-refractivity contribution in [1.82, 2.24) is 10.6 Å². The van der Waals surface area contributed by atoms with Gasteiger partial charge in [0.2, 0.25) is 0 Å². The molecule has 2 N–H and O–H groups in total. The number of benzene rings is 1. The van der Waals surface area contributed by atoms with E-state index in [1.165, 1.54) is 12.1 Å². The van der Waals surface area contributed by atoms with Gasteiger partial charge in [-0.1, -0.05) is 12.1 Å². The summed E-state index contributed by atoms with van der Waals surface area (Å²) >= 11 is 0. The van der Waals surface area contributed by atoms with E-state index in [4.69, 9.17) is 5.26 Å². The molecular weight excluding hydrogens is 193 g/mol. The minimum Gasteiger partial charge on any atom is -0.314 e. The van der Waals surface area contributed by atoms with Crippen molar-refractivity contribution in [3.8, 4) is 6.07 Å². The third-order valence-corrected chi connectivity index (χ3v) is 2.52. The first-order valence-corrected chi connectivity index (χ1v) is 4.91. The van der Waals surface area contributed by atoms with E-state index in [1.54, 1.807) is 12.1 Å². The number of nitriles is 1. The van der Waals surface area contributed by atoms with Crippen LogP contribution in [0.4, 0.5) is 4.39 Å². The molecule has 1 unspecified atom stereocenters. The number of hydrogen-bond acceptors (Lipinski definition) is 3. The van der Waals surface area contributed by atoms with Gasteiger partial charge in [0, 0.05) is 19.1 Å². The first kappa shape index (κ1) is 10.1. The molecule has 1 heterocycles. The molecule has 3 nitrogen and oxygen atoms in total. The Balaban J connectivity index is 2.05. The molecule has 0 saturated carbocycles. The fraction of sp³-hybridized carbons (Fsp3) is 0.364. The van der Waals surface area contributed by atoms with E-state index in [0.717, 1.165) is 18.7 Å². The van der Waals surface area contributed by atoms with Crippen molar-refractivity contribution in [3.05, 3.63) is 35.6 Å². The molecule has 1 aromatic rings. The summed E-state index contributed by atoms with van der Waals surface area (Å²) in [5, 5.41) is 15.3. The third-order valence-electron chi connectivity index (χ3n) is 2.52. The van der Waals surface area contributed by atoms with Crippen LogP contribution in [0.15, 0.2) is 24.3 Å². The largest absolute Gasteiger partial charge is 0.314 e. The van der Waals surface area contributed by atoms with Crippen LogP contribution in [-0.4, -0.2) is 19.1 Å². The van der Waals surface area contributed by atoms with Gasteiger partial charge in [-0.15, -0.1) is 0 Å². The lowest BCUT2D eigenvalue weighted by Gasteiger charge is -2.30. The van der Waals surface area contributed by atoms with Gasteiger partial charge in [0.1, 0.15) is 11.9 Å². The van der Waals surface area contributed by atoms with Gasteiger partial charge in [-0.3, -0.25) is 5.32 Å². The maximum absolute atomic E-state index is 12.7. The molecule has 0 amide bonds. The molecule has 1 aromatic carbocycles. The highest BCUT2D eigenvalue weighted by Gasteiger charge is 2.21. The second-order valence-corrected chi connectivity index (χ2v) is 3.64. The molecule has 4 heteroatoms. The van der Waals surface area contributed by atoms with Gasteiger partial charge in [-0.2, -0.15) is 5.26 Å². The number of halogens is 1. The second-order valence-electron chi connectivity index (χ2n) is 3.64. The van der Waals surface area contributed by atoms with Crippen molar-refractivity contribution in [2.24, 2.45) is 0 Å². The lowest BCUT2D eigenvalue weighted by Crippen LogP contribution is -2.55. The van der Waals surface area contributed by atoms with E-state index in [9.17, 15) is 4.39 Å². The molecule has 1 atom stereocenters. The molecule has 15 heavy (non-hydrogen) atoms. The Labute approximate surface area is 87.9 Å². The van der Waals surface area contributed by atoms with E-state index in [-0.39, 0.29) is 11.9 Å². The summed E-state index contributed by atoms with van der Waals surface area (Å²) in [4.78, 5) is 0. The first-order chi connectivity index (χ1) is 7.29. The monoisotopic (exact) mass is 205 g/mol. The Bertz CT molecular complexity index is 364. The number of nitrogens with one attached hydrogen (secondary N) is 2. The van der Waals surface area contributed by atoms with Gasteiger partial charge >= 0.3 is 0 Å². The summed E-state index contributed by atoms with van der Waals surface area (Å²) in [5.74, 6) is -0.277. The Kier molecular flexibility index (Phi) is 2.95. The fourth-order valence-electron chi connectivity index (χ4n) is 1.51. The van der Waals surface area contributed by atoms with Crippen LogP contribution < -0.4 is 10.6 Å². The zero-order valence-corrected chi connectivity index (χ0v) is 8.20. The topological polar surface area (TPSA) is 47.9 Å². The van der Waals surface area contributed by atoms with Crippen molar-refractivity contribution >= 4 is 0 Å². The van der Waals surface area contributed by atoms with Crippen molar-refractivity contribution in [3.63, 3.8) is 0 Å². The van der Waals surface area contributed by atoms with Crippen molar-refractivity contribution in [2.45, 2.75) is 12.1 Å². The fourth-order valence-corrected chi connectivity index (χ4v) is 1.51. The first-order valence-electron chi connectivity index (χ1n) is 4.91. The predicted molar refractivity (Wildman–Crippen MR) is 54.5 cm³/mol. The molecule has 2 rings (SSSR count). The zero-order valence-electron chi connectivity index (χ0n) is 8.20. The molecular formula is C11H12FN3. The van der Waals surface area contributed by atoms with Crippen LogP contribution in [0, 0.1) is 17.1 Å². The second kappa shape index (κ2) is 4.39. The van der Waals surface area contributed by atoms with E-state index < -0.39 is 0 Å². The average molecular weight is 205 g/mol. The van der Waals surface area contributed by atoms with Crippen LogP contribution in [0.5, 0.6) is 0 Å². The normalized spacial score (nSPS) is 17.9. The van der Waals surface area contributed by atoms with E-state index in [0.29, 0.717) is 6.04 Å². The highest BCUT2D eigenvalue weighted by Crippen LogP contribution is 2.14. The van der Waals surface area contributed by atoms with Gasteiger partial charge in [0.25, 0.3) is 0 Å². The molecule has 1 aliphatic rings. The van der Waals surface area contributed by atoms with Crippen LogP contribution >= 0.6 is 0 Å². The summed E-state index contributed by atoms with van der Waals surface area (Å²) in [6.45, 7) is 1.78. The predicted octanol–water partition coefficient (Wildman–Crippen LogP) is 0.952. The van der Waals surface area contributed by atoms with Crippen molar-refractivity contribution in [2.75, 3.05) is 13.1 Å². The van der Waals surface area contributed by atoms with Crippen LogP contribution in [0.25, 0.3) is 0 Å². The molecule has 1 aliphatic heterocycles. The minimum absolute atomic E-state index is 0.277. The average Bonchev–Trinajstić information content (AvgIpc) is 2.19. The molecule has 0 bridgehead atoms. The smallest absolute Gasteiger partial charge is 0.123 e. The summed E-state index contributed by atoms with van der Waals surface area (Å²) in [6, 6.07) is 8.21. The maximum Gasteiger partial charge on any atom is 0.123 e. The van der Waals surface area contributed by atoms with Gasteiger partial charge < -0.3 is 5.32 Å². The lowest BCUT2D eigenvalue weighted by molar-refractivity contribution is 0.352. The third kappa shape index (κ3) is 2.32. The Morgan fingerprint density at radius 2 is 2.07 bits per heavy atom. The van der Waals surface area contributed by atoms with E-state index in [2.05, 4.69) is 16.7 Å². The van der Waals surface area contributed by atoms with Crippen LogP contribution in [0.1, 0.15) is 11.6 Å². The van der Waals surface area contributed by atoms with Crippen LogP contribution in [0.2, 0.25) is 0 Å². The summed E-state index contributed by atoms with van der Waals surface area (Å²) < 4.78 is 12.7. The van der Waals surface area contributed by atoms with Gasteiger partial charge in [-0.05, 0) is 17.7 Å². The van der Waals surface area contributed by atoms with Crippen LogP contribution in [0.3, 0.4) is 0 Å². The molecule has 0 spiro atoms. The molecule has 0 aliphatic carbocycles. The van der Waals surface area contributed by atoms with Crippen molar-refractivity contribution in [1.29, 1.82) is 5.26 Å². The number of nitrogens with zero attached hydrogens (tertiary/aromatic N) is 1. The van der Waals surface area contributed by atoms with E-state index in [1.807, 2.05) is 0 Å². The molecule has 1 saturated heterocycles. The Morgan fingerprint density at radius 3 is 2.53 bits per heavy atom. The van der Waals surface area contributed by atoms with Crippen molar-refractivity contribution < 1.29 is 4.39 Å².